The quantitative estimate of drug-likeness (QED) is 0.816. The van der Waals surface area contributed by atoms with Gasteiger partial charge in [-0.25, -0.2) is 0 Å². The van der Waals surface area contributed by atoms with E-state index in [-0.39, 0.29) is 30.0 Å². The molecule has 6 heteroatoms. The highest BCUT2D eigenvalue weighted by atomic mass is 16.3. The first-order valence-corrected chi connectivity index (χ1v) is 9.97. The van der Waals surface area contributed by atoms with Crippen molar-refractivity contribution in [2.24, 2.45) is 0 Å². The fourth-order valence-corrected chi connectivity index (χ4v) is 4.00. The van der Waals surface area contributed by atoms with Gasteiger partial charge in [-0.15, -0.1) is 0 Å². The number of hydrogen-bond acceptors (Lipinski definition) is 4. The van der Waals surface area contributed by atoms with E-state index >= 15 is 0 Å². The summed E-state index contributed by atoms with van der Waals surface area (Å²) in [4.78, 5) is 39.1. The molecule has 1 aromatic heterocycles. The summed E-state index contributed by atoms with van der Waals surface area (Å²) in [5.74, 6) is -0.393. The summed E-state index contributed by atoms with van der Waals surface area (Å²) in [7, 11) is 0. The molecule has 6 nitrogen and oxygen atoms in total. The molecule has 1 aliphatic carbocycles. The lowest BCUT2D eigenvalue weighted by Gasteiger charge is -2.21. The normalized spacial score (nSPS) is 17.9. The van der Waals surface area contributed by atoms with Gasteiger partial charge in [-0.1, -0.05) is 32.1 Å². The highest BCUT2D eigenvalue weighted by molar-refractivity contribution is 6.22. The van der Waals surface area contributed by atoms with Crippen molar-refractivity contribution in [1.82, 2.24) is 10.2 Å². The van der Waals surface area contributed by atoms with Crippen molar-refractivity contribution in [3.8, 4) is 0 Å². The van der Waals surface area contributed by atoms with Crippen LogP contribution in [-0.2, 0) is 6.54 Å². The van der Waals surface area contributed by atoms with E-state index in [1.54, 1.807) is 24.3 Å². The summed E-state index contributed by atoms with van der Waals surface area (Å²) in [6, 6.07) is 8.34. The van der Waals surface area contributed by atoms with Crippen LogP contribution in [0.5, 0.6) is 0 Å². The third-order valence-corrected chi connectivity index (χ3v) is 5.57. The van der Waals surface area contributed by atoms with Gasteiger partial charge in [-0.3, -0.25) is 19.3 Å². The molecule has 0 bridgehead atoms. The zero-order valence-electron chi connectivity index (χ0n) is 15.8. The molecule has 1 aliphatic heterocycles. The average molecular weight is 380 g/mol. The molecule has 2 heterocycles. The third kappa shape index (κ3) is 3.72. The molecular weight excluding hydrogens is 356 g/mol. The zero-order chi connectivity index (χ0) is 19.5. The van der Waals surface area contributed by atoms with Crippen LogP contribution in [0.25, 0.3) is 0 Å². The summed E-state index contributed by atoms with van der Waals surface area (Å²) >= 11 is 0. The predicted octanol–water partition coefficient (Wildman–Crippen LogP) is 3.92. The summed E-state index contributed by atoms with van der Waals surface area (Å²) in [6.45, 7) is 0.0863. The van der Waals surface area contributed by atoms with Gasteiger partial charge in [-0.05, 0) is 43.2 Å². The SMILES string of the molecule is O=C(NC1CCCCCCC1)c1ccc2c(c1)C(=O)N(Cc1ccco1)C2=O. The summed E-state index contributed by atoms with van der Waals surface area (Å²) < 4.78 is 5.25. The Labute approximate surface area is 163 Å². The third-order valence-electron chi connectivity index (χ3n) is 5.57. The lowest BCUT2D eigenvalue weighted by atomic mass is 9.96. The minimum Gasteiger partial charge on any atom is -0.467 e. The number of nitrogens with zero attached hydrogens (tertiary/aromatic N) is 1. The van der Waals surface area contributed by atoms with Crippen LogP contribution in [0.3, 0.4) is 0 Å². The standard InChI is InChI=1S/C22H24N2O4/c25-20(23-16-7-4-2-1-3-5-8-16)15-10-11-18-19(13-15)22(27)24(21(18)26)14-17-9-6-12-28-17/h6,9-13,16H,1-5,7-8,14H2,(H,23,25). The summed E-state index contributed by atoms with van der Waals surface area (Å²) in [6.07, 6.45) is 9.45. The average Bonchev–Trinajstić information content (AvgIpc) is 3.27. The highest BCUT2D eigenvalue weighted by Crippen LogP contribution is 2.26. The van der Waals surface area contributed by atoms with Crippen molar-refractivity contribution in [3.63, 3.8) is 0 Å². The molecule has 3 amide bonds. The van der Waals surface area contributed by atoms with Crippen molar-refractivity contribution in [2.45, 2.75) is 57.5 Å². The molecule has 0 atom stereocenters. The van der Waals surface area contributed by atoms with Gasteiger partial charge in [0.15, 0.2) is 0 Å². The topological polar surface area (TPSA) is 79.6 Å². The summed E-state index contributed by atoms with van der Waals surface area (Å²) in [5, 5.41) is 3.10. The number of carbonyl (C=O) groups excluding carboxylic acids is 3. The van der Waals surface area contributed by atoms with Gasteiger partial charge in [-0.2, -0.15) is 0 Å². The molecule has 28 heavy (non-hydrogen) atoms. The Morgan fingerprint density at radius 2 is 1.71 bits per heavy atom. The molecule has 2 aromatic rings. The molecule has 0 unspecified atom stereocenters. The van der Waals surface area contributed by atoms with Gasteiger partial charge in [0.1, 0.15) is 5.76 Å². The van der Waals surface area contributed by atoms with E-state index in [4.69, 9.17) is 4.42 Å². The van der Waals surface area contributed by atoms with E-state index in [9.17, 15) is 14.4 Å². The number of fused-ring (bicyclic) bond motifs is 1. The Hall–Kier alpha value is -2.89. The fourth-order valence-electron chi connectivity index (χ4n) is 4.00. The number of carbonyl (C=O) groups is 3. The molecule has 146 valence electrons. The fraction of sp³-hybridized carbons (Fsp3) is 0.409. The van der Waals surface area contributed by atoms with Crippen LogP contribution in [0, 0.1) is 0 Å². The number of amides is 3. The Morgan fingerprint density at radius 1 is 1.00 bits per heavy atom. The monoisotopic (exact) mass is 380 g/mol. The van der Waals surface area contributed by atoms with E-state index < -0.39 is 5.91 Å². The van der Waals surface area contributed by atoms with Crippen molar-refractivity contribution in [2.75, 3.05) is 0 Å². The maximum absolute atomic E-state index is 12.7. The Balaban J connectivity index is 1.48. The molecule has 0 radical (unpaired) electrons. The van der Waals surface area contributed by atoms with Crippen molar-refractivity contribution in [1.29, 1.82) is 0 Å². The second-order valence-corrected chi connectivity index (χ2v) is 7.55. The molecule has 2 aliphatic rings. The molecule has 1 fully saturated rings. The number of furan rings is 1. The van der Waals surface area contributed by atoms with Gasteiger partial charge in [0, 0.05) is 11.6 Å². The minimum atomic E-state index is -0.392. The van der Waals surface area contributed by atoms with Crippen LogP contribution in [0.15, 0.2) is 41.0 Å². The van der Waals surface area contributed by atoms with Gasteiger partial charge in [0.05, 0.1) is 23.9 Å². The molecule has 1 saturated carbocycles. The summed E-state index contributed by atoms with van der Waals surface area (Å²) in [5.41, 5.74) is 1.03. The lowest BCUT2D eigenvalue weighted by Crippen LogP contribution is -2.35. The predicted molar refractivity (Wildman–Crippen MR) is 103 cm³/mol. The first-order valence-electron chi connectivity index (χ1n) is 9.97. The maximum atomic E-state index is 12.7. The largest absolute Gasteiger partial charge is 0.467 e. The van der Waals surface area contributed by atoms with Crippen LogP contribution in [0.2, 0.25) is 0 Å². The van der Waals surface area contributed by atoms with Crippen LogP contribution >= 0.6 is 0 Å². The maximum Gasteiger partial charge on any atom is 0.261 e. The van der Waals surface area contributed by atoms with Gasteiger partial charge >= 0.3 is 0 Å². The Morgan fingerprint density at radius 3 is 2.43 bits per heavy atom. The van der Waals surface area contributed by atoms with E-state index in [1.807, 2.05) is 0 Å². The lowest BCUT2D eigenvalue weighted by molar-refractivity contribution is 0.0631. The van der Waals surface area contributed by atoms with E-state index in [1.165, 1.54) is 31.6 Å². The van der Waals surface area contributed by atoms with Crippen LogP contribution in [-0.4, -0.2) is 28.7 Å². The first kappa shape index (κ1) is 18.5. The smallest absolute Gasteiger partial charge is 0.261 e. The number of benzene rings is 1. The van der Waals surface area contributed by atoms with E-state index in [0.717, 1.165) is 30.6 Å². The molecule has 0 saturated heterocycles. The van der Waals surface area contributed by atoms with Crippen LogP contribution < -0.4 is 5.32 Å². The van der Waals surface area contributed by atoms with Crippen molar-refractivity contribution in [3.05, 3.63) is 59.0 Å². The molecule has 0 spiro atoms. The number of hydrogen-bond donors (Lipinski definition) is 1. The minimum absolute atomic E-state index is 0.0863. The molecule has 4 rings (SSSR count). The molecule has 1 aromatic carbocycles. The van der Waals surface area contributed by atoms with E-state index in [0.29, 0.717) is 16.9 Å². The van der Waals surface area contributed by atoms with Crippen molar-refractivity contribution >= 4 is 17.7 Å². The Bertz CT molecular complexity index is 880. The molecular formula is C22H24N2O4. The molecule has 1 N–H and O–H groups in total. The first-order chi connectivity index (χ1) is 13.6. The number of nitrogens with one attached hydrogen (secondary N) is 1. The number of rotatable bonds is 4. The van der Waals surface area contributed by atoms with Crippen LogP contribution in [0.1, 0.15) is 81.8 Å². The van der Waals surface area contributed by atoms with Crippen molar-refractivity contribution < 1.29 is 18.8 Å². The second kappa shape index (κ2) is 8.00. The van der Waals surface area contributed by atoms with Gasteiger partial charge in [0.25, 0.3) is 17.7 Å². The second-order valence-electron chi connectivity index (χ2n) is 7.55. The number of imide groups is 1. The van der Waals surface area contributed by atoms with Crippen LogP contribution in [0.4, 0.5) is 0 Å². The van der Waals surface area contributed by atoms with Gasteiger partial charge in [0.2, 0.25) is 0 Å². The van der Waals surface area contributed by atoms with E-state index in [2.05, 4.69) is 5.32 Å². The zero-order valence-corrected chi connectivity index (χ0v) is 15.8. The Kier molecular flexibility index (Phi) is 5.28. The van der Waals surface area contributed by atoms with Gasteiger partial charge < -0.3 is 9.73 Å². The highest BCUT2D eigenvalue weighted by Gasteiger charge is 2.36.